The molecule has 6 nitrogen and oxygen atoms in total. The largest absolute Gasteiger partial charge is 0.352 e. The average molecular weight is 213 g/mol. The third-order valence-corrected chi connectivity index (χ3v) is 3.19. The van der Waals surface area contributed by atoms with Gasteiger partial charge in [-0.3, -0.25) is 9.59 Å². The van der Waals surface area contributed by atoms with Crippen LogP contribution in [0.4, 0.5) is 0 Å². The highest BCUT2D eigenvalue weighted by atomic mass is 16.7. The lowest BCUT2D eigenvalue weighted by atomic mass is 9.70. The van der Waals surface area contributed by atoms with Gasteiger partial charge in [-0.25, -0.2) is 5.41 Å². The maximum atomic E-state index is 11.8. The van der Waals surface area contributed by atoms with Crippen molar-refractivity contribution in [2.45, 2.75) is 27.7 Å². The van der Waals surface area contributed by atoms with Crippen LogP contribution in [0.5, 0.6) is 0 Å². The second-order valence-corrected chi connectivity index (χ2v) is 4.61. The maximum absolute atomic E-state index is 11.8. The van der Waals surface area contributed by atoms with Crippen LogP contribution in [0.1, 0.15) is 27.7 Å². The van der Waals surface area contributed by atoms with E-state index < -0.39 is 28.7 Å². The number of carbonyl (C=O) groups is 2. The molecule has 0 bridgehead atoms. The Morgan fingerprint density at radius 3 is 1.80 bits per heavy atom. The van der Waals surface area contributed by atoms with Crippen molar-refractivity contribution in [2.75, 3.05) is 0 Å². The first-order chi connectivity index (χ1) is 6.62. The number of imide groups is 1. The lowest BCUT2D eigenvalue weighted by Gasteiger charge is -2.27. The lowest BCUT2D eigenvalue weighted by molar-refractivity contribution is -0.171. The van der Waals surface area contributed by atoms with E-state index >= 15 is 0 Å². The van der Waals surface area contributed by atoms with Gasteiger partial charge in [-0.15, -0.1) is 5.06 Å². The number of nitrogens with zero attached hydrogens (tertiary/aromatic N) is 1. The van der Waals surface area contributed by atoms with E-state index in [1.54, 1.807) is 27.7 Å². The van der Waals surface area contributed by atoms with E-state index in [4.69, 9.17) is 11.1 Å². The van der Waals surface area contributed by atoms with Gasteiger partial charge in [0.15, 0.2) is 0 Å². The van der Waals surface area contributed by atoms with E-state index in [1.165, 1.54) is 0 Å². The number of nitrogens with two attached hydrogens (primary N) is 1. The highest BCUT2D eigenvalue weighted by Gasteiger charge is 2.61. The molecule has 0 aromatic carbocycles. The number of hydroxylamine groups is 2. The molecule has 1 heterocycles. The molecule has 15 heavy (non-hydrogen) atoms. The summed E-state index contributed by atoms with van der Waals surface area (Å²) in [5, 5.41) is 7.48. The van der Waals surface area contributed by atoms with Crippen LogP contribution < -0.4 is 5.73 Å². The molecule has 3 N–H and O–H groups in total. The lowest BCUT2D eigenvalue weighted by Crippen LogP contribution is -2.37. The van der Waals surface area contributed by atoms with Crippen molar-refractivity contribution in [2.24, 2.45) is 16.6 Å². The van der Waals surface area contributed by atoms with Crippen molar-refractivity contribution in [3.63, 3.8) is 0 Å². The average Bonchev–Trinajstić information content (AvgIpc) is 2.18. The molecule has 1 fully saturated rings. The summed E-state index contributed by atoms with van der Waals surface area (Å²) in [5.41, 5.74) is 3.27. The Labute approximate surface area is 87.8 Å². The van der Waals surface area contributed by atoms with E-state index in [0.29, 0.717) is 5.06 Å². The number of amidine groups is 1. The Morgan fingerprint density at radius 2 is 1.53 bits per heavy atom. The van der Waals surface area contributed by atoms with Crippen molar-refractivity contribution < 1.29 is 14.4 Å². The standard InChI is InChI=1S/C9H15N3O3/c1-8(2)5(13)12(15-7(10)11)6(14)9(8,3)4/h1-4H3,(H3,10,11). The fourth-order valence-corrected chi connectivity index (χ4v) is 1.32. The molecule has 0 aliphatic carbocycles. The minimum atomic E-state index is -0.862. The Hall–Kier alpha value is -1.59. The quantitative estimate of drug-likeness (QED) is 0.370. The summed E-state index contributed by atoms with van der Waals surface area (Å²) < 4.78 is 0. The zero-order chi connectivity index (χ0) is 12.0. The van der Waals surface area contributed by atoms with Gasteiger partial charge in [-0.05, 0) is 27.7 Å². The van der Waals surface area contributed by atoms with Crippen LogP contribution in [0.3, 0.4) is 0 Å². The Balaban J connectivity index is 3.12. The minimum absolute atomic E-state index is 0.479. The highest BCUT2D eigenvalue weighted by Crippen LogP contribution is 2.47. The van der Waals surface area contributed by atoms with Crippen LogP contribution in [-0.2, 0) is 14.4 Å². The molecule has 0 aromatic heterocycles. The second-order valence-electron chi connectivity index (χ2n) is 4.61. The topological polar surface area (TPSA) is 96.5 Å². The van der Waals surface area contributed by atoms with Gasteiger partial charge in [0.2, 0.25) is 0 Å². The number of hydrogen-bond donors (Lipinski definition) is 2. The number of amides is 2. The maximum Gasteiger partial charge on any atom is 0.307 e. The summed E-state index contributed by atoms with van der Waals surface area (Å²) in [6, 6.07) is -0.676. The Bertz CT molecular complexity index is 321. The molecule has 0 atom stereocenters. The fraction of sp³-hybridized carbons (Fsp3) is 0.667. The Kier molecular flexibility index (Phi) is 2.26. The van der Waals surface area contributed by atoms with Crippen molar-refractivity contribution in [3.8, 4) is 0 Å². The molecule has 2 amide bonds. The first-order valence-electron chi connectivity index (χ1n) is 4.53. The SMILES string of the molecule is CC1(C)C(=O)N(OC(=N)N)C(=O)C1(C)C. The number of carbonyl (C=O) groups excluding carboxylic acids is 2. The number of nitrogens with one attached hydrogen (secondary N) is 1. The molecule has 1 saturated heterocycles. The molecule has 6 heteroatoms. The molecule has 0 aromatic rings. The third-order valence-electron chi connectivity index (χ3n) is 3.19. The summed E-state index contributed by atoms with van der Waals surface area (Å²) in [7, 11) is 0. The predicted molar refractivity (Wildman–Crippen MR) is 52.4 cm³/mol. The van der Waals surface area contributed by atoms with E-state index in [9.17, 15) is 9.59 Å². The van der Waals surface area contributed by atoms with Gasteiger partial charge in [-0.2, -0.15) is 0 Å². The first-order valence-corrected chi connectivity index (χ1v) is 4.53. The zero-order valence-electron chi connectivity index (χ0n) is 9.25. The minimum Gasteiger partial charge on any atom is -0.352 e. The van der Waals surface area contributed by atoms with Gasteiger partial charge in [0.1, 0.15) is 0 Å². The summed E-state index contributed by atoms with van der Waals surface area (Å²) in [5.74, 6) is -0.958. The Morgan fingerprint density at radius 1 is 1.20 bits per heavy atom. The van der Waals surface area contributed by atoms with Crippen LogP contribution in [-0.4, -0.2) is 22.9 Å². The van der Waals surface area contributed by atoms with Gasteiger partial charge in [0.25, 0.3) is 11.8 Å². The van der Waals surface area contributed by atoms with Crippen LogP contribution >= 0.6 is 0 Å². The second kappa shape index (κ2) is 2.95. The molecule has 0 unspecified atom stereocenters. The van der Waals surface area contributed by atoms with Crippen LogP contribution in [0.25, 0.3) is 0 Å². The van der Waals surface area contributed by atoms with E-state index in [2.05, 4.69) is 4.84 Å². The summed E-state index contributed by atoms with van der Waals surface area (Å²) in [6.45, 7) is 6.65. The summed E-state index contributed by atoms with van der Waals surface area (Å²) in [6.07, 6.45) is 0. The summed E-state index contributed by atoms with van der Waals surface area (Å²) in [4.78, 5) is 28.2. The van der Waals surface area contributed by atoms with Gasteiger partial charge in [-0.1, -0.05) is 0 Å². The van der Waals surface area contributed by atoms with Crippen LogP contribution in [0, 0.1) is 16.2 Å². The van der Waals surface area contributed by atoms with Gasteiger partial charge >= 0.3 is 6.02 Å². The molecule has 84 valence electrons. The zero-order valence-corrected chi connectivity index (χ0v) is 9.25. The molecule has 0 saturated carbocycles. The fourth-order valence-electron chi connectivity index (χ4n) is 1.32. The van der Waals surface area contributed by atoms with Crippen molar-refractivity contribution in [1.82, 2.24) is 5.06 Å². The smallest absolute Gasteiger partial charge is 0.307 e. The van der Waals surface area contributed by atoms with E-state index in [-0.39, 0.29) is 0 Å². The predicted octanol–water partition coefficient (Wildman–Crippen LogP) is 0.233. The molecule has 1 aliphatic rings. The number of rotatable bonds is 1. The van der Waals surface area contributed by atoms with Crippen LogP contribution in [0.2, 0.25) is 0 Å². The molecule has 0 radical (unpaired) electrons. The van der Waals surface area contributed by atoms with E-state index in [0.717, 1.165) is 0 Å². The molecular formula is C9H15N3O3. The highest BCUT2D eigenvalue weighted by molar-refractivity contribution is 6.08. The molecule has 1 aliphatic heterocycles. The molecule has 0 spiro atoms. The summed E-state index contributed by atoms with van der Waals surface area (Å²) >= 11 is 0. The van der Waals surface area contributed by atoms with Crippen LogP contribution in [0.15, 0.2) is 0 Å². The van der Waals surface area contributed by atoms with Gasteiger partial charge in [0.05, 0.1) is 10.8 Å². The van der Waals surface area contributed by atoms with Gasteiger partial charge < -0.3 is 10.6 Å². The van der Waals surface area contributed by atoms with Crippen molar-refractivity contribution >= 4 is 17.8 Å². The normalized spacial score (nSPS) is 23.1. The van der Waals surface area contributed by atoms with E-state index in [1.807, 2.05) is 0 Å². The van der Waals surface area contributed by atoms with Gasteiger partial charge in [0, 0.05) is 0 Å². The number of hydrogen-bond acceptors (Lipinski definition) is 4. The van der Waals surface area contributed by atoms with Crippen molar-refractivity contribution in [3.05, 3.63) is 0 Å². The monoisotopic (exact) mass is 213 g/mol. The molecular weight excluding hydrogens is 198 g/mol. The molecule has 1 rings (SSSR count). The first kappa shape index (κ1) is 11.5. The third kappa shape index (κ3) is 1.36. The van der Waals surface area contributed by atoms with Crippen molar-refractivity contribution in [1.29, 1.82) is 5.41 Å².